The highest BCUT2D eigenvalue weighted by atomic mass is 16.5. The number of aryl methyl sites for hydroxylation is 1. The lowest BCUT2D eigenvalue weighted by Crippen LogP contribution is -2.12. The molecule has 40 heavy (non-hydrogen) atoms. The average molecular weight is 544 g/mol. The van der Waals surface area contributed by atoms with Crippen LogP contribution in [0.4, 0.5) is 11.4 Å². The molecular weight excluding hydrogens is 510 g/mol. The first-order valence-electron chi connectivity index (χ1n) is 13.3. The van der Waals surface area contributed by atoms with Crippen LogP contribution in [-0.2, 0) is 16.0 Å². The van der Waals surface area contributed by atoms with E-state index in [-0.39, 0.29) is 31.1 Å². The Balaban J connectivity index is 1.45. The standard InChI is InChI=1S/C31H33N3O6/c1-2-40-31(39)22-9-12-25(13-10-22)34-20-27(30(37)38)26-19-24(11-14-28(26)34)33-29(36)15-8-21-6-5-7-23(18-21)32-16-3-4-17-35/h5-7,9-14,18-20,32,35H,2-4,8,15-17H2,1H3,(H,33,36)(H,37,38). The van der Waals surface area contributed by atoms with E-state index in [1.807, 2.05) is 24.3 Å². The summed E-state index contributed by atoms with van der Waals surface area (Å²) in [5.41, 5.74) is 4.36. The van der Waals surface area contributed by atoms with Gasteiger partial charge in [-0.3, -0.25) is 4.79 Å². The van der Waals surface area contributed by atoms with Crippen LogP contribution in [0.5, 0.6) is 0 Å². The van der Waals surface area contributed by atoms with Crippen LogP contribution in [0.3, 0.4) is 0 Å². The second kappa shape index (κ2) is 13.4. The maximum absolute atomic E-state index is 12.7. The number of benzene rings is 3. The Kier molecular flexibility index (Phi) is 9.53. The average Bonchev–Trinajstić information content (AvgIpc) is 3.34. The lowest BCUT2D eigenvalue weighted by molar-refractivity contribution is -0.116. The number of fused-ring (bicyclic) bond motifs is 1. The number of aromatic carboxylic acids is 1. The Morgan fingerprint density at radius 2 is 1.75 bits per heavy atom. The number of carbonyl (C=O) groups excluding carboxylic acids is 2. The van der Waals surface area contributed by atoms with Crippen LogP contribution in [0.2, 0.25) is 0 Å². The molecule has 0 bridgehead atoms. The molecule has 0 unspecified atom stereocenters. The molecule has 4 rings (SSSR count). The summed E-state index contributed by atoms with van der Waals surface area (Å²) in [6, 6.07) is 19.8. The van der Waals surface area contributed by atoms with Gasteiger partial charge in [-0.25, -0.2) is 9.59 Å². The van der Waals surface area contributed by atoms with Crippen molar-refractivity contribution < 1.29 is 29.3 Å². The number of ether oxygens (including phenoxy) is 1. The van der Waals surface area contributed by atoms with Gasteiger partial charge in [-0.15, -0.1) is 0 Å². The van der Waals surface area contributed by atoms with E-state index in [2.05, 4.69) is 10.6 Å². The van der Waals surface area contributed by atoms with Crippen molar-refractivity contribution >= 4 is 40.1 Å². The maximum Gasteiger partial charge on any atom is 0.338 e. The SMILES string of the molecule is CCOC(=O)c1ccc(-n2cc(C(=O)O)c3cc(NC(=O)CCc4cccc(NCCCCO)c4)ccc32)cc1. The zero-order valence-electron chi connectivity index (χ0n) is 22.4. The van der Waals surface area contributed by atoms with Gasteiger partial charge in [-0.2, -0.15) is 0 Å². The predicted octanol–water partition coefficient (Wildman–Crippen LogP) is 5.26. The third-order valence-corrected chi connectivity index (χ3v) is 6.46. The highest BCUT2D eigenvalue weighted by Gasteiger charge is 2.17. The number of carboxylic acids is 1. The zero-order valence-corrected chi connectivity index (χ0v) is 22.4. The van der Waals surface area contributed by atoms with Crippen molar-refractivity contribution in [2.45, 2.75) is 32.6 Å². The summed E-state index contributed by atoms with van der Waals surface area (Å²) in [5, 5.41) is 25.4. The fourth-order valence-corrected chi connectivity index (χ4v) is 4.45. The smallest absolute Gasteiger partial charge is 0.338 e. The fourth-order valence-electron chi connectivity index (χ4n) is 4.45. The summed E-state index contributed by atoms with van der Waals surface area (Å²) in [5.74, 6) is -1.68. The molecule has 0 atom stereocenters. The number of carbonyl (C=O) groups is 3. The molecule has 0 aliphatic rings. The number of nitrogens with one attached hydrogen (secondary N) is 2. The third kappa shape index (κ3) is 7.06. The van der Waals surface area contributed by atoms with Gasteiger partial charge in [-0.1, -0.05) is 12.1 Å². The largest absolute Gasteiger partial charge is 0.478 e. The van der Waals surface area contributed by atoms with Gasteiger partial charge in [-0.05, 0) is 86.3 Å². The van der Waals surface area contributed by atoms with E-state index in [0.29, 0.717) is 34.3 Å². The molecule has 9 nitrogen and oxygen atoms in total. The number of carboxylic acid groups (broad SMARTS) is 1. The number of aliphatic hydroxyl groups is 1. The van der Waals surface area contributed by atoms with E-state index in [1.54, 1.807) is 54.0 Å². The van der Waals surface area contributed by atoms with Gasteiger partial charge in [0.25, 0.3) is 0 Å². The van der Waals surface area contributed by atoms with Crippen molar-refractivity contribution in [3.05, 3.63) is 89.6 Å². The molecule has 0 saturated heterocycles. The highest BCUT2D eigenvalue weighted by molar-refractivity contribution is 6.06. The van der Waals surface area contributed by atoms with E-state index in [1.165, 1.54) is 6.20 Å². The molecule has 4 N–H and O–H groups in total. The van der Waals surface area contributed by atoms with E-state index < -0.39 is 11.9 Å². The summed E-state index contributed by atoms with van der Waals surface area (Å²) in [6.07, 6.45) is 3.98. The number of anilines is 2. The van der Waals surface area contributed by atoms with E-state index in [9.17, 15) is 19.5 Å². The predicted molar refractivity (Wildman–Crippen MR) is 154 cm³/mol. The minimum atomic E-state index is -1.08. The first-order chi connectivity index (χ1) is 19.4. The van der Waals surface area contributed by atoms with Crippen molar-refractivity contribution in [1.29, 1.82) is 0 Å². The second-order valence-corrected chi connectivity index (χ2v) is 9.32. The molecule has 1 aromatic heterocycles. The van der Waals surface area contributed by atoms with Crippen molar-refractivity contribution in [1.82, 2.24) is 4.57 Å². The van der Waals surface area contributed by atoms with Crippen molar-refractivity contribution in [2.75, 3.05) is 30.4 Å². The Bertz CT molecular complexity index is 1490. The molecule has 208 valence electrons. The first kappa shape index (κ1) is 28.4. The van der Waals surface area contributed by atoms with Gasteiger partial charge in [0.05, 0.1) is 23.3 Å². The number of aromatic nitrogens is 1. The van der Waals surface area contributed by atoms with Crippen LogP contribution in [0, 0.1) is 0 Å². The van der Waals surface area contributed by atoms with Gasteiger partial charge in [0.2, 0.25) is 5.91 Å². The van der Waals surface area contributed by atoms with Crippen molar-refractivity contribution in [2.24, 2.45) is 0 Å². The minimum absolute atomic E-state index is 0.101. The normalized spacial score (nSPS) is 10.8. The summed E-state index contributed by atoms with van der Waals surface area (Å²) < 4.78 is 6.77. The van der Waals surface area contributed by atoms with E-state index >= 15 is 0 Å². The Hall–Kier alpha value is -4.63. The Morgan fingerprint density at radius 3 is 2.48 bits per heavy atom. The summed E-state index contributed by atoms with van der Waals surface area (Å²) in [7, 11) is 0. The van der Waals surface area contributed by atoms with Crippen LogP contribution < -0.4 is 10.6 Å². The zero-order chi connectivity index (χ0) is 28.5. The third-order valence-electron chi connectivity index (χ3n) is 6.46. The number of amides is 1. The molecule has 1 heterocycles. The van der Waals surface area contributed by atoms with Gasteiger partial charge >= 0.3 is 11.9 Å². The number of hydrogen-bond donors (Lipinski definition) is 4. The first-order valence-corrected chi connectivity index (χ1v) is 13.3. The van der Waals surface area contributed by atoms with Crippen molar-refractivity contribution in [3.63, 3.8) is 0 Å². The topological polar surface area (TPSA) is 130 Å². The quantitative estimate of drug-likeness (QED) is 0.134. The number of rotatable bonds is 13. The van der Waals surface area contributed by atoms with Crippen molar-refractivity contribution in [3.8, 4) is 5.69 Å². The second-order valence-electron chi connectivity index (χ2n) is 9.32. The van der Waals surface area contributed by atoms with Crippen LogP contribution in [0.25, 0.3) is 16.6 Å². The minimum Gasteiger partial charge on any atom is -0.478 e. The summed E-state index contributed by atoms with van der Waals surface area (Å²) in [6.45, 7) is 2.97. The van der Waals surface area contributed by atoms with Gasteiger partial charge in [0, 0.05) is 48.2 Å². The lowest BCUT2D eigenvalue weighted by Gasteiger charge is -2.10. The number of unbranched alkanes of at least 4 members (excludes halogenated alkanes) is 1. The molecule has 0 saturated carbocycles. The molecule has 3 aromatic carbocycles. The van der Waals surface area contributed by atoms with E-state index in [0.717, 1.165) is 30.6 Å². The van der Waals surface area contributed by atoms with Crippen LogP contribution in [-0.4, -0.2) is 52.4 Å². The van der Waals surface area contributed by atoms with Gasteiger partial charge in [0.1, 0.15) is 0 Å². The number of esters is 1. The van der Waals surface area contributed by atoms with Crippen LogP contribution in [0.1, 0.15) is 52.5 Å². The monoisotopic (exact) mass is 543 g/mol. The molecule has 0 fully saturated rings. The van der Waals surface area contributed by atoms with Gasteiger partial charge in [0.15, 0.2) is 0 Å². The molecule has 0 aliphatic heterocycles. The number of nitrogens with zero attached hydrogens (tertiary/aromatic N) is 1. The Morgan fingerprint density at radius 1 is 0.950 bits per heavy atom. The Labute approximate surface area is 232 Å². The number of hydrogen-bond acceptors (Lipinski definition) is 6. The van der Waals surface area contributed by atoms with Gasteiger partial charge < -0.3 is 30.2 Å². The lowest BCUT2D eigenvalue weighted by atomic mass is 10.1. The van der Waals surface area contributed by atoms with E-state index in [4.69, 9.17) is 9.84 Å². The number of aliphatic hydroxyl groups excluding tert-OH is 1. The fraction of sp³-hybridized carbons (Fsp3) is 0.258. The molecule has 4 aromatic rings. The molecule has 1 amide bonds. The molecule has 0 radical (unpaired) electrons. The highest BCUT2D eigenvalue weighted by Crippen LogP contribution is 2.28. The maximum atomic E-state index is 12.7. The summed E-state index contributed by atoms with van der Waals surface area (Å²) >= 11 is 0. The van der Waals surface area contributed by atoms with Crippen LogP contribution in [0.15, 0.2) is 72.9 Å². The summed E-state index contributed by atoms with van der Waals surface area (Å²) in [4.78, 5) is 36.7. The molecule has 0 aliphatic carbocycles. The molecular formula is C31H33N3O6. The molecule has 0 spiro atoms. The van der Waals surface area contributed by atoms with Crippen LogP contribution >= 0.6 is 0 Å². The molecule has 9 heteroatoms.